The van der Waals surface area contributed by atoms with Crippen molar-refractivity contribution in [1.82, 2.24) is 0 Å². The molecule has 0 unspecified atom stereocenters. The Morgan fingerprint density at radius 2 is 0.468 bits per heavy atom. The van der Waals surface area contributed by atoms with Crippen LogP contribution in [0.15, 0.2) is 26.8 Å². The predicted octanol–water partition coefficient (Wildman–Crippen LogP) is 23.0. The van der Waals surface area contributed by atoms with E-state index in [4.69, 9.17) is 0 Å². The Bertz CT molecular complexity index is 948. The van der Waals surface area contributed by atoms with Gasteiger partial charge in [-0.3, -0.25) is 0 Å². The van der Waals surface area contributed by atoms with Gasteiger partial charge in [0.2, 0.25) is 0 Å². The maximum absolute atomic E-state index is 4.35. The molecule has 62 heavy (non-hydrogen) atoms. The summed E-state index contributed by atoms with van der Waals surface area (Å²) in [5.41, 5.74) is 1.44. The molecule has 0 nitrogen and oxygen atoms in total. The molecule has 0 aromatic heterocycles. The smallest absolute Gasteiger partial charge is 0.0344 e. The van der Waals surface area contributed by atoms with Gasteiger partial charge in [-0.1, -0.05) is 290 Å². The maximum Gasteiger partial charge on any atom is 0.0344 e. The molecular formula is C59H111S3. The lowest BCUT2D eigenvalue weighted by atomic mass is 10.0. The van der Waals surface area contributed by atoms with E-state index in [2.05, 4.69) is 75.1 Å². The zero-order valence-electron chi connectivity index (χ0n) is 42.7. The third-order valence-corrected chi connectivity index (χ3v) is 17.1. The minimum absolute atomic E-state index is 0.906. The van der Waals surface area contributed by atoms with E-state index in [0.29, 0.717) is 0 Å². The normalized spacial score (nSPS) is 11.7. The van der Waals surface area contributed by atoms with Gasteiger partial charge in [0, 0.05) is 14.7 Å². The first-order valence-corrected chi connectivity index (χ1v) is 31.6. The molecule has 0 saturated carbocycles. The lowest BCUT2D eigenvalue weighted by Crippen LogP contribution is -1.94. The van der Waals surface area contributed by atoms with Crippen molar-refractivity contribution >= 4 is 35.3 Å². The molecule has 0 heterocycles. The lowest BCUT2D eigenvalue weighted by Gasteiger charge is -2.16. The van der Waals surface area contributed by atoms with Gasteiger partial charge in [0.15, 0.2) is 0 Å². The van der Waals surface area contributed by atoms with Crippen molar-refractivity contribution < 1.29 is 0 Å². The predicted molar refractivity (Wildman–Crippen MR) is 292 cm³/mol. The number of unbranched alkanes of at least 4 members (excludes halogenated alkanes) is 42. The summed E-state index contributed by atoms with van der Waals surface area (Å²) in [7, 11) is 0. The van der Waals surface area contributed by atoms with Gasteiger partial charge < -0.3 is 0 Å². The summed E-state index contributed by atoms with van der Waals surface area (Å²) in [5, 5.41) is 0. The number of rotatable bonds is 52. The van der Waals surface area contributed by atoms with E-state index in [1.165, 1.54) is 312 Å². The molecule has 0 aliphatic carbocycles. The van der Waals surface area contributed by atoms with Crippen LogP contribution in [0.25, 0.3) is 0 Å². The van der Waals surface area contributed by atoms with E-state index < -0.39 is 0 Å². The van der Waals surface area contributed by atoms with Crippen LogP contribution in [0.3, 0.4) is 0 Å². The second-order valence-electron chi connectivity index (χ2n) is 19.6. The topological polar surface area (TPSA) is 0 Å². The lowest BCUT2D eigenvalue weighted by molar-refractivity contribution is 0.535. The van der Waals surface area contributed by atoms with Crippen molar-refractivity contribution in [2.75, 3.05) is 17.3 Å². The van der Waals surface area contributed by atoms with Gasteiger partial charge in [0.05, 0.1) is 0 Å². The molecule has 0 saturated heterocycles. The van der Waals surface area contributed by atoms with E-state index in [1.54, 1.807) is 14.7 Å². The molecule has 0 atom stereocenters. The Hall–Kier alpha value is 0.270. The van der Waals surface area contributed by atoms with Crippen molar-refractivity contribution in [1.29, 1.82) is 0 Å². The highest BCUT2D eigenvalue weighted by atomic mass is 32.2. The van der Waals surface area contributed by atoms with Crippen molar-refractivity contribution in [3.8, 4) is 0 Å². The van der Waals surface area contributed by atoms with Crippen LogP contribution >= 0.6 is 35.3 Å². The van der Waals surface area contributed by atoms with Gasteiger partial charge in [-0.15, -0.1) is 35.3 Å². The zero-order valence-corrected chi connectivity index (χ0v) is 45.2. The molecule has 0 amide bonds. The first kappa shape index (κ1) is 60.3. The molecule has 0 spiro atoms. The summed E-state index contributed by atoms with van der Waals surface area (Å²) < 4.78 is 0. The Labute approximate surface area is 405 Å². The Balaban J connectivity index is 2.42. The van der Waals surface area contributed by atoms with Gasteiger partial charge in [0.1, 0.15) is 0 Å². The molecule has 0 N–H and O–H groups in total. The van der Waals surface area contributed by atoms with Crippen LogP contribution in [0.4, 0.5) is 0 Å². The van der Waals surface area contributed by atoms with Crippen molar-refractivity contribution in [2.24, 2.45) is 0 Å². The van der Waals surface area contributed by atoms with Gasteiger partial charge in [-0.2, -0.15) is 0 Å². The highest BCUT2D eigenvalue weighted by Gasteiger charge is 2.13. The summed E-state index contributed by atoms with van der Waals surface area (Å²) in [4.78, 5) is 4.76. The van der Waals surface area contributed by atoms with Crippen molar-refractivity contribution in [2.45, 2.75) is 331 Å². The van der Waals surface area contributed by atoms with Gasteiger partial charge in [0.25, 0.3) is 0 Å². The first-order valence-electron chi connectivity index (χ1n) is 28.6. The molecule has 365 valence electrons. The third kappa shape index (κ3) is 40.5. The molecule has 1 radical (unpaired) electrons. The molecule has 1 aromatic rings. The summed E-state index contributed by atoms with van der Waals surface area (Å²) in [6, 6.07) is 5.05. The molecule has 0 bridgehead atoms. The van der Waals surface area contributed by atoms with E-state index in [0.717, 1.165) is 6.42 Å². The van der Waals surface area contributed by atoms with Crippen molar-refractivity contribution in [3.63, 3.8) is 0 Å². The Kier molecular flexibility index (Phi) is 49.3. The van der Waals surface area contributed by atoms with Crippen LogP contribution in [0.2, 0.25) is 0 Å². The van der Waals surface area contributed by atoms with Gasteiger partial charge in [-0.25, -0.2) is 0 Å². The second kappa shape index (κ2) is 50.7. The van der Waals surface area contributed by atoms with Crippen LogP contribution < -0.4 is 0 Å². The average Bonchev–Trinajstić information content (AvgIpc) is 3.28. The van der Waals surface area contributed by atoms with Crippen LogP contribution in [-0.4, -0.2) is 17.3 Å². The highest BCUT2D eigenvalue weighted by Crippen LogP contribution is 2.41. The SMILES string of the molecule is [CH2]Cc1cc(SCCCCCCCCCCCCCCCCC)c(SCCCCCCCCCCCCCCCCC)c(SCCCCCCCCCCCCCCCCC)c1. The number of hydrogen-bond donors (Lipinski definition) is 0. The third-order valence-electron chi connectivity index (χ3n) is 13.4. The summed E-state index contributed by atoms with van der Waals surface area (Å²) >= 11 is 6.53. The first-order chi connectivity index (χ1) is 30.8. The van der Waals surface area contributed by atoms with Gasteiger partial charge >= 0.3 is 0 Å². The quantitative estimate of drug-likeness (QED) is 0.0472. The molecular weight excluding hydrogens is 805 g/mol. The van der Waals surface area contributed by atoms with Crippen LogP contribution in [0.5, 0.6) is 0 Å². The summed E-state index contributed by atoms with van der Waals surface area (Å²) in [6.07, 6.45) is 65.8. The van der Waals surface area contributed by atoms with Crippen LogP contribution in [-0.2, 0) is 6.42 Å². The number of thioether (sulfide) groups is 3. The highest BCUT2D eigenvalue weighted by molar-refractivity contribution is 8.03. The maximum atomic E-state index is 4.35. The molecule has 0 fully saturated rings. The fraction of sp³-hybridized carbons (Fsp3) is 0.881. The van der Waals surface area contributed by atoms with E-state index in [-0.39, 0.29) is 0 Å². The molecule has 0 aliphatic rings. The average molecular weight is 917 g/mol. The standard InChI is InChI=1S/C59H111S3/c1-5-9-12-15-18-21-24-27-30-33-36-39-42-45-48-51-60-57-54-56(8-4)55-58(61-52-49-46-43-40-37-34-31-28-25-22-19-16-13-10-6-2)59(57)62-53-50-47-44-41-38-35-32-29-26-23-20-17-14-11-7-3/h54-55H,4-53H2,1-3H3. The fourth-order valence-electron chi connectivity index (χ4n) is 9.09. The van der Waals surface area contributed by atoms with Crippen LogP contribution in [0.1, 0.15) is 315 Å². The Morgan fingerprint density at radius 3 is 0.677 bits per heavy atom. The number of benzene rings is 1. The number of hydrogen-bond acceptors (Lipinski definition) is 3. The van der Waals surface area contributed by atoms with E-state index >= 15 is 0 Å². The second-order valence-corrected chi connectivity index (χ2v) is 22.9. The zero-order chi connectivity index (χ0) is 44.5. The monoisotopic (exact) mass is 916 g/mol. The molecule has 3 heteroatoms. The molecule has 1 aromatic carbocycles. The minimum Gasteiger partial charge on any atom is -0.125 e. The Morgan fingerprint density at radius 1 is 0.274 bits per heavy atom. The molecule has 1 rings (SSSR count). The largest absolute Gasteiger partial charge is 0.125 e. The van der Waals surface area contributed by atoms with Crippen LogP contribution in [0, 0.1) is 6.92 Å². The summed E-state index contributed by atoms with van der Waals surface area (Å²) in [5.74, 6) is 3.82. The fourth-order valence-corrected chi connectivity index (χ4v) is 12.9. The molecule has 0 aliphatic heterocycles. The summed E-state index contributed by atoms with van der Waals surface area (Å²) in [6.45, 7) is 11.3. The van der Waals surface area contributed by atoms with E-state index in [9.17, 15) is 0 Å². The van der Waals surface area contributed by atoms with E-state index in [1.807, 2.05) is 0 Å². The van der Waals surface area contributed by atoms with Gasteiger partial charge in [-0.05, 0) is 67.6 Å². The minimum atomic E-state index is 0.906. The van der Waals surface area contributed by atoms with Crippen molar-refractivity contribution in [3.05, 3.63) is 24.6 Å².